The van der Waals surface area contributed by atoms with Crippen molar-refractivity contribution in [3.63, 3.8) is 0 Å². The van der Waals surface area contributed by atoms with E-state index in [1.165, 1.54) is 31.7 Å². The van der Waals surface area contributed by atoms with Gasteiger partial charge in [-0.2, -0.15) is 0 Å². The molecule has 0 aromatic heterocycles. The lowest BCUT2D eigenvalue weighted by molar-refractivity contribution is -0.121. The number of hydrogen-bond donors (Lipinski definition) is 1. The molecule has 0 unspecified atom stereocenters. The van der Waals surface area contributed by atoms with Gasteiger partial charge in [0.05, 0.1) is 0 Å². The number of nitrogens with one attached hydrogen (secondary N) is 1. The standard InChI is InChI=1S/C17H25FN2O/c18-16-8-4-3-7-15(16)9-11-19-17(21)10-14-20-12-5-1-2-6-13-20/h3-4,7-8H,1-2,5-6,9-14H2,(H,19,21). The first-order chi connectivity index (χ1) is 10.3. The van der Waals surface area contributed by atoms with Gasteiger partial charge in [0.25, 0.3) is 0 Å². The van der Waals surface area contributed by atoms with E-state index in [-0.39, 0.29) is 11.7 Å². The van der Waals surface area contributed by atoms with E-state index in [1.54, 1.807) is 12.1 Å². The maximum absolute atomic E-state index is 13.4. The number of rotatable bonds is 6. The molecule has 1 N–H and O–H groups in total. The quantitative estimate of drug-likeness (QED) is 0.874. The second-order valence-corrected chi connectivity index (χ2v) is 5.70. The van der Waals surface area contributed by atoms with Crippen molar-refractivity contribution in [1.29, 1.82) is 0 Å². The number of carbonyl (C=O) groups excluding carboxylic acids is 1. The highest BCUT2D eigenvalue weighted by atomic mass is 19.1. The van der Waals surface area contributed by atoms with E-state index >= 15 is 0 Å². The molecular weight excluding hydrogens is 267 g/mol. The monoisotopic (exact) mass is 292 g/mol. The van der Waals surface area contributed by atoms with Crippen molar-refractivity contribution in [3.8, 4) is 0 Å². The average molecular weight is 292 g/mol. The fraction of sp³-hybridized carbons (Fsp3) is 0.588. The third-order valence-electron chi connectivity index (χ3n) is 4.03. The van der Waals surface area contributed by atoms with E-state index in [9.17, 15) is 9.18 Å². The van der Waals surface area contributed by atoms with Crippen LogP contribution in [0, 0.1) is 5.82 Å². The molecule has 1 amide bonds. The van der Waals surface area contributed by atoms with Crippen molar-refractivity contribution in [2.75, 3.05) is 26.2 Å². The molecule has 1 aliphatic heterocycles. The zero-order valence-electron chi connectivity index (χ0n) is 12.6. The lowest BCUT2D eigenvalue weighted by Crippen LogP contribution is -2.32. The SMILES string of the molecule is O=C(CCN1CCCCCC1)NCCc1ccccc1F. The minimum Gasteiger partial charge on any atom is -0.356 e. The van der Waals surface area contributed by atoms with Crippen LogP contribution in [0.3, 0.4) is 0 Å². The summed E-state index contributed by atoms with van der Waals surface area (Å²) in [6, 6.07) is 6.72. The smallest absolute Gasteiger partial charge is 0.221 e. The van der Waals surface area contributed by atoms with Crippen molar-refractivity contribution in [2.24, 2.45) is 0 Å². The van der Waals surface area contributed by atoms with Crippen molar-refractivity contribution < 1.29 is 9.18 Å². The molecule has 1 aromatic carbocycles. The van der Waals surface area contributed by atoms with E-state index in [4.69, 9.17) is 0 Å². The molecule has 116 valence electrons. The van der Waals surface area contributed by atoms with Crippen LogP contribution < -0.4 is 5.32 Å². The Hall–Kier alpha value is -1.42. The van der Waals surface area contributed by atoms with Gasteiger partial charge in [-0.1, -0.05) is 31.0 Å². The van der Waals surface area contributed by atoms with E-state index < -0.39 is 0 Å². The van der Waals surface area contributed by atoms with Gasteiger partial charge in [0.15, 0.2) is 0 Å². The van der Waals surface area contributed by atoms with E-state index in [0.29, 0.717) is 24.9 Å². The lowest BCUT2D eigenvalue weighted by atomic mass is 10.1. The topological polar surface area (TPSA) is 32.3 Å². The van der Waals surface area contributed by atoms with Crippen molar-refractivity contribution in [3.05, 3.63) is 35.6 Å². The van der Waals surface area contributed by atoms with Crippen molar-refractivity contribution in [2.45, 2.75) is 38.5 Å². The molecule has 0 bridgehead atoms. The predicted molar refractivity (Wildman–Crippen MR) is 82.6 cm³/mol. The Balaban J connectivity index is 1.62. The fourth-order valence-electron chi connectivity index (χ4n) is 2.75. The summed E-state index contributed by atoms with van der Waals surface area (Å²) < 4.78 is 13.4. The summed E-state index contributed by atoms with van der Waals surface area (Å²) in [4.78, 5) is 14.2. The summed E-state index contributed by atoms with van der Waals surface area (Å²) in [7, 11) is 0. The summed E-state index contributed by atoms with van der Waals surface area (Å²) >= 11 is 0. The molecule has 0 radical (unpaired) electrons. The molecule has 0 atom stereocenters. The number of benzene rings is 1. The molecule has 1 saturated heterocycles. The Bertz CT molecular complexity index is 442. The fourth-order valence-corrected chi connectivity index (χ4v) is 2.75. The van der Waals surface area contributed by atoms with Gasteiger partial charge in [-0.15, -0.1) is 0 Å². The predicted octanol–water partition coefficient (Wildman–Crippen LogP) is 2.75. The Kier molecular flexibility index (Phi) is 6.67. The van der Waals surface area contributed by atoms with Gasteiger partial charge in [-0.05, 0) is 44.0 Å². The summed E-state index contributed by atoms with van der Waals surface area (Å²) in [5.41, 5.74) is 0.658. The molecular formula is C17H25FN2O. The third-order valence-corrected chi connectivity index (χ3v) is 4.03. The Morgan fingerprint density at radius 2 is 1.86 bits per heavy atom. The maximum Gasteiger partial charge on any atom is 0.221 e. The number of nitrogens with zero attached hydrogens (tertiary/aromatic N) is 1. The molecule has 1 fully saturated rings. The van der Waals surface area contributed by atoms with Gasteiger partial charge < -0.3 is 10.2 Å². The van der Waals surface area contributed by atoms with Gasteiger partial charge in [-0.3, -0.25) is 4.79 Å². The molecule has 1 heterocycles. The van der Waals surface area contributed by atoms with E-state index in [0.717, 1.165) is 19.6 Å². The van der Waals surface area contributed by atoms with Gasteiger partial charge in [0.1, 0.15) is 5.82 Å². The molecule has 21 heavy (non-hydrogen) atoms. The largest absolute Gasteiger partial charge is 0.356 e. The molecule has 1 aliphatic rings. The number of carbonyl (C=O) groups is 1. The highest BCUT2D eigenvalue weighted by molar-refractivity contribution is 5.76. The van der Waals surface area contributed by atoms with Crippen LogP contribution >= 0.6 is 0 Å². The number of likely N-dealkylation sites (tertiary alicyclic amines) is 1. The summed E-state index contributed by atoms with van der Waals surface area (Å²) in [5.74, 6) is -0.132. The first-order valence-corrected chi connectivity index (χ1v) is 7.98. The van der Waals surface area contributed by atoms with Crippen LogP contribution in [0.25, 0.3) is 0 Å². The zero-order valence-corrected chi connectivity index (χ0v) is 12.6. The first-order valence-electron chi connectivity index (χ1n) is 7.98. The van der Waals surface area contributed by atoms with Crippen LogP contribution in [-0.2, 0) is 11.2 Å². The van der Waals surface area contributed by atoms with Crippen LogP contribution in [0.5, 0.6) is 0 Å². The zero-order chi connectivity index (χ0) is 14.9. The van der Waals surface area contributed by atoms with Gasteiger partial charge in [0.2, 0.25) is 5.91 Å². The molecule has 0 aliphatic carbocycles. The van der Waals surface area contributed by atoms with Gasteiger partial charge in [-0.25, -0.2) is 4.39 Å². The number of amides is 1. The molecule has 0 spiro atoms. The Labute approximate surface area is 126 Å². The summed E-state index contributed by atoms with van der Waals surface area (Å²) in [6.45, 7) is 3.57. The molecule has 4 heteroatoms. The molecule has 0 saturated carbocycles. The third kappa shape index (κ3) is 5.84. The maximum atomic E-state index is 13.4. The lowest BCUT2D eigenvalue weighted by Gasteiger charge is -2.19. The van der Waals surface area contributed by atoms with Crippen LogP contribution in [0.2, 0.25) is 0 Å². The highest BCUT2D eigenvalue weighted by Gasteiger charge is 2.10. The average Bonchev–Trinajstić information content (AvgIpc) is 2.76. The Morgan fingerprint density at radius 3 is 2.57 bits per heavy atom. The minimum atomic E-state index is -0.198. The van der Waals surface area contributed by atoms with Gasteiger partial charge >= 0.3 is 0 Å². The minimum absolute atomic E-state index is 0.0654. The molecule has 2 rings (SSSR count). The Morgan fingerprint density at radius 1 is 1.14 bits per heavy atom. The number of halogens is 1. The van der Waals surface area contributed by atoms with Crippen LogP contribution in [0.1, 0.15) is 37.7 Å². The normalized spacial score (nSPS) is 16.4. The molecule has 3 nitrogen and oxygen atoms in total. The molecule has 1 aromatic rings. The van der Waals surface area contributed by atoms with E-state index in [2.05, 4.69) is 10.2 Å². The van der Waals surface area contributed by atoms with E-state index in [1.807, 2.05) is 6.07 Å². The van der Waals surface area contributed by atoms with Crippen molar-refractivity contribution in [1.82, 2.24) is 10.2 Å². The second kappa shape index (κ2) is 8.78. The van der Waals surface area contributed by atoms with Crippen molar-refractivity contribution >= 4 is 5.91 Å². The first kappa shape index (κ1) is 16.0. The van der Waals surface area contributed by atoms with Crippen LogP contribution in [0.4, 0.5) is 4.39 Å². The van der Waals surface area contributed by atoms with Gasteiger partial charge in [0, 0.05) is 19.5 Å². The summed E-state index contributed by atoms with van der Waals surface area (Å²) in [5, 5.41) is 2.88. The second-order valence-electron chi connectivity index (χ2n) is 5.70. The summed E-state index contributed by atoms with van der Waals surface area (Å²) in [6.07, 6.45) is 6.19. The van der Waals surface area contributed by atoms with Crippen LogP contribution in [0.15, 0.2) is 24.3 Å². The number of hydrogen-bond acceptors (Lipinski definition) is 2. The highest BCUT2D eigenvalue weighted by Crippen LogP contribution is 2.09. The van der Waals surface area contributed by atoms with Crippen LogP contribution in [-0.4, -0.2) is 37.0 Å².